The summed E-state index contributed by atoms with van der Waals surface area (Å²) >= 11 is 6.33. The Kier molecular flexibility index (Phi) is 8.65. The number of nitrogens with one attached hydrogen (secondary N) is 1. The number of ether oxygens (including phenoxy) is 2. The predicted molar refractivity (Wildman–Crippen MR) is 174 cm³/mol. The van der Waals surface area contributed by atoms with Gasteiger partial charge in [0.05, 0.1) is 22.6 Å². The molecule has 2 saturated carbocycles. The molecular formula is C35H43ClN2O6S. The van der Waals surface area contributed by atoms with Crippen molar-refractivity contribution in [2.24, 2.45) is 17.8 Å². The molecule has 2 N–H and O–H groups in total. The molecule has 2 bridgehead atoms. The highest BCUT2D eigenvalue weighted by Crippen LogP contribution is 2.56. The number of sulfonamides is 1. The summed E-state index contributed by atoms with van der Waals surface area (Å²) in [5.74, 6) is 0.323. The smallest absolute Gasteiger partial charge is 0.264 e. The molecule has 0 aromatic heterocycles. The number of fused-ring (bicyclic) bond motifs is 4. The number of nitrogens with zero attached hydrogens (tertiary/aromatic N) is 1. The van der Waals surface area contributed by atoms with Crippen molar-refractivity contribution < 1.29 is 27.8 Å². The Hall–Kier alpha value is -2.59. The largest absolute Gasteiger partial charge is 0.487 e. The van der Waals surface area contributed by atoms with Gasteiger partial charge in [-0.2, -0.15) is 0 Å². The van der Waals surface area contributed by atoms with E-state index < -0.39 is 26.8 Å². The van der Waals surface area contributed by atoms with Gasteiger partial charge in [-0.1, -0.05) is 29.8 Å². The van der Waals surface area contributed by atoms with Gasteiger partial charge in [0, 0.05) is 30.3 Å². The molecule has 10 heteroatoms. The van der Waals surface area contributed by atoms with Gasteiger partial charge in [0.25, 0.3) is 5.91 Å². The van der Waals surface area contributed by atoms with E-state index in [1.165, 1.54) is 5.56 Å². The highest BCUT2D eigenvalue weighted by Gasteiger charge is 2.64. The van der Waals surface area contributed by atoms with Crippen molar-refractivity contribution in [1.29, 1.82) is 0 Å². The van der Waals surface area contributed by atoms with Gasteiger partial charge in [0.2, 0.25) is 10.0 Å². The van der Waals surface area contributed by atoms with Crippen LogP contribution in [0, 0.1) is 17.8 Å². The molecule has 6 atom stereocenters. The Bertz CT molecular complexity index is 1570. The summed E-state index contributed by atoms with van der Waals surface area (Å²) in [6, 6.07) is 11.1. The first-order valence-corrected chi connectivity index (χ1v) is 18.4. The molecule has 5 aliphatic rings. The molecule has 2 aromatic rings. The van der Waals surface area contributed by atoms with E-state index in [1.807, 2.05) is 30.4 Å². The second-order valence-electron chi connectivity index (χ2n) is 13.7. The van der Waals surface area contributed by atoms with Crippen LogP contribution in [0.3, 0.4) is 0 Å². The lowest BCUT2D eigenvalue weighted by molar-refractivity contribution is 0.0461. The van der Waals surface area contributed by atoms with Crippen LogP contribution in [-0.4, -0.2) is 56.1 Å². The zero-order valence-electron chi connectivity index (χ0n) is 25.6. The van der Waals surface area contributed by atoms with E-state index in [0.29, 0.717) is 49.2 Å². The Morgan fingerprint density at radius 1 is 1.07 bits per heavy atom. The Morgan fingerprint density at radius 3 is 2.76 bits per heavy atom. The zero-order valence-corrected chi connectivity index (χ0v) is 27.2. The van der Waals surface area contributed by atoms with Gasteiger partial charge in [-0.3, -0.25) is 4.79 Å². The lowest BCUT2D eigenvalue weighted by Crippen LogP contribution is -2.44. The Balaban J connectivity index is 1.25. The molecule has 0 spiro atoms. The second kappa shape index (κ2) is 12.5. The summed E-state index contributed by atoms with van der Waals surface area (Å²) < 4.78 is 41.6. The molecule has 242 valence electrons. The molecule has 3 heterocycles. The summed E-state index contributed by atoms with van der Waals surface area (Å²) in [5.41, 5.74) is 3.31. The van der Waals surface area contributed by atoms with Gasteiger partial charge in [-0.25, -0.2) is 13.1 Å². The number of aliphatic hydroxyl groups excluding tert-OH is 1. The van der Waals surface area contributed by atoms with Crippen LogP contribution in [0.5, 0.6) is 5.75 Å². The first kappa shape index (κ1) is 31.0. The van der Waals surface area contributed by atoms with Gasteiger partial charge >= 0.3 is 0 Å². The normalized spacial score (nSPS) is 33.6. The minimum atomic E-state index is -4.02. The minimum Gasteiger partial charge on any atom is -0.487 e. The maximum atomic E-state index is 14.0. The number of amides is 1. The number of carbonyl (C=O) groups excluding carboxylic acids is 1. The van der Waals surface area contributed by atoms with E-state index >= 15 is 0 Å². The number of carbonyl (C=O) groups is 1. The first-order valence-electron chi connectivity index (χ1n) is 16.5. The summed E-state index contributed by atoms with van der Waals surface area (Å²) in [7, 11) is -4.02. The van der Waals surface area contributed by atoms with E-state index in [2.05, 4.69) is 9.62 Å². The predicted octanol–water partition coefficient (Wildman–Crippen LogP) is 5.80. The molecule has 8 nitrogen and oxygen atoms in total. The Labute approximate surface area is 271 Å². The van der Waals surface area contributed by atoms with Gasteiger partial charge in [0.1, 0.15) is 12.4 Å². The first-order chi connectivity index (χ1) is 21.7. The molecule has 3 fully saturated rings. The van der Waals surface area contributed by atoms with Gasteiger partial charge < -0.3 is 19.5 Å². The summed E-state index contributed by atoms with van der Waals surface area (Å²) in [4.78, 5) is 16.0. The third kappa shape index (κ3) is 6.25. The number of hydrogen-bond donors (Lipinski definition) is 2. The van der Waals surface area contributed by atoms with Crippen LogP contribution >= 0.6 is 11.6 Å². The van der Waals surface area contributed by atoms with Crippen molar-refractivity contribution in [3.8, 4) is 5.75 Å². The van der Waals surface area contributed by atoms with Crippen LogP contribution in [0.1, 0.15) is 79.3 Å². The fraction of sp³-hybridized carbons (Fsp3) is 0.571. The number of aliphatic hydroxyl groups is 1. The molecule has 3 aliphatic heterocycles. The van der Waals surface area contributed by atoms with Crippen LogP contribution in [0.25, 0.3) is 0 Å². The molecule has 0 unspecified atom stereocenters. The number of benzene rings is 2. The average Bonchev–Trinajstić information content (AvgIpc) is 3.46. The standard InChI is InChI=1S/C35H43ClN2O6S/c36-28-12-9-26-22-44-33-14-11-24-18-31(33)38(15-2-1-5-23(26)17-28)21-25-10-13-30(25)32(39)8-3-6-27-19-35(27,20-29-7-4-16-43-29)45(41,42)37-34(24)40/h3,8-9,11-12,14,17-18,25,27,29-30,32,39H,1-2,4-7,10,13,15-16,19-22H2,(H,37,40)/b8-3+/t25-,27+,29-,30+,32-,35-/m0/s1. The topological polar surface area (TPSA) is 105 Å². The van der Waals surface area contributed by atoms with E-state index in [1.54, 1.807) is 18.2 Å². The van der Waals surface area contributed by atoms with E-state index in [9.17, 15) is 18.3 Å². The van der Waals surface area contributed by atoms with Gasteiger partial charge in [-0.15, -0.1) is 0 Å². The van der Waals surface area contributed by atoms with Crippen molar-refractivity contribution in [1.82, 2.24) is 4.72 Å². The van der Waals surface area contributed by atoms with Crippen molar-refractivity contribution in [2.45, 2.75) is 87.8 Å². The Morgan fingerprint density at radius 2 is 1.96 bits per heavy atom. The highest BCUT2D eigenvalue weighted by molar-refractivity contribution is 7.91. The van der Waals surface area contributed by atoms with Gasteiger partial charge in [0.15, 0.2) is 0 Å². The van der Waals surface area contributed by atoms with Crippen molar-refractivity contribution in [2.75, 3.05) is 24.6 Å². The molecule has 2 aliphatic carbocycles. The third-order valence-corrected chi connectivity index (χ3v) is 13.3. The fourth-order valence-electron chi connectivity index (χ4n) is 7.98. The number of anilines is 1. The summed E-state index contributed by atoms with van der Waals surface area (Å²) in [5, 5.41) is 11.9. The van der Waals surface area contributed by atoms with Crippen LogP contribution in [0.2, 0.25) is 5.02 Å². The minimum absolute atomic E-state index is 0.127. The van der Waals surface area contributed by atoms with E-state index in [-0.39, 0.29) is 23.5 Å². The molecule has 1 saturated heterocycles. The number of aryl methyl sites for hydroxylation is 1. The van der Waals surface area contributed by atoms with E-state index in [0.717, 1.165) is 69.3 Å². The van der Waals surface area contributed by atoms with Crippen LogP contribution in [0.15, 0.2) is 48.6 Å². The van der Waals surface area contributed by atoms with Gasteiger partial charge in [-0.05, 0) is 123 Å². The highest BCUT2D eigenvalue weighted by atomic mass is 35.5. The number of rotatable bonds is 2. The van der Waals surface area contributed by atoms with Crippen molar-refractivity contribution in [3.63, 3.8) is 0 Å². The fourth-order valence-corrected chi connectivity index (χ4v) is 10.1. The lowest BCUT2D eigenvalue weighted by Gasteiger charge is -2.42. The molecule has 7 rings (SSSR count). The number of halogens is 1. The number of hydrogen-bond acceptors (Lipinski definition) is 7. The molecule has 2 aromatic carbocycles. The molecule has 45 heavy (non-hydrogen) atoms. The maximum Gasteiger partial charge on any atom is 0.264 e. The monoisotopic (exact) mass is 654 g/mol. The van der Waals surface area contributed by atoms with Crippen molar-refractivity contribution in [3.05, 3.63) is 70.3 Å². The lowest BCUT2D eigenvalue weighted by atomic mass is 9.70. The van der Waals surface area contributed by atoms with Crippen molar-refractivity contribution >= 4 is 33.2 Å². The third-order valence-electron chi connectivity index (χ3n) is 10.9. The van der Waals surface area contributed by atoms with Crippen LogP contribution in [0.4, 0.5) is 5.69 Å². The quantitative estimate of drug-likeness (QED) is 0.395. The average molecular weight is 655 g/mol. The summed E-state index contributed by atoms with van der Waals surface area (Å²) in [6.45, 7) is 2.47. The van der Waals surface area contributed by atoms with E-state index in [4.69, 9.17) is 21.1 Å². The molecule has 0 radical (unpaired) electrons. The van der Waals surface area contributed by atoms with Crippen LogP contribution in [-0.2, 0) is 27.8 Å². The second-order valence-corrected chi connectivity index (χ2v) is 16.1. The number of allylic oxidation sites excluding steroid dienone is 1. The summed E-state index contributed by atoms with van der Waals surface area (Å²) in [6.07, 6.45) is 11.0. The molecular weight excluding hydrogens is 612 g/mol. The molecule has 1 amide bonds. The SMILES string of the molecule is O=C1NS(=O)(=O)[C@]2(C[C@@H]3CCCO3)C[C@H]2C/C=C/[C@H](O)[C@@H]2CC[C@H]2CN2CCCCc3cc(Cl)ccc3COc3ccc1cc32. The van der Waals surface area contributed by atoms with Crippen LogP contribution < -0.4 is 14.4 Å². The zero-order chi connectivity index (χ0) is 31.2. The maximum absolute atomic E-state index is 14.0.